The normalized spacial score (nSPS) is 10.9. The summed E-state index contributed by atoms with van der Waals surface area (Å²) in [5.41, 5.74) is 0.477. The van der Waals surface area contributed by atoms with E-state index in [0.29, 0.717) is 10.4 Å². The van der Waals surface area contributed by atoms with Crippen LogP contribution in [-0.2, 0) is 4.74 Å². The number of carbonyl (C=O) groups excluding carboxylic acids is 1. The van der Waals surface area contributed by atoms with E-state index in [9.17, 15) is 13.6 Å². The molecule has 6 heteroatoms. The summed E-state index contributed by atoms with van der Waals surface area (Å²) in [6.07, 6.45) is 0. The van der Waals surface area contributed by atoms with Gasteiger partial charge in [0.2, 0.25) is 0 Å². The second kappa shape index (κ2) is 6.42. The highest BCUT2D eigenvalue weighted by Crippen LogP contribution is 2.38. The van der Waals surface area contributed by atoms with Crippen LogP contribution in [0.15, 0.2) is 52.3 Å². The number of nitrogens with one attached hydrogen (secondary N) is 1. The zero-order chi connectivity index (χ0) is 16.4. The third-order valence-electron chi connectivity index (χ3n) is 3.25. The summed E-state index contributed by atoms with van der Waals surface area (Å²) in [7, 11) is 0. The number of ether oxygens (including phenoxy) is 1. The van der Waals surface area contributed by atoms with Gasteiger partial charge in [-0.05, 0) is 31.2 Å². The number of aromatic nitrogens is 1. The Morgan fingerprint density at radius 3 is 2.61 bits per heavy atom. The first-order valence-corrected chi connectivity index (χ1v) is 7.83. The minimum atomic E-state index is -0.979. The molecule has 2 aromatic carbocycles. The predicted molar refractivity (Wildman–Crippen MR) is 84.7 cm³/mol. The lowest BCUT2D eigenvalue weighted by molar-refractivity contribution is 0.0516. The molecule has 3 rings (SSSR count). The minimum Gasteiger partial charge on any atom is -0.461 e. The van der Waals surface area contributed by atoms with Gasteiger partial charge in [0, 0.05) is 4.90 Å². The molecule has 1 N–H and O–H groups in total. The highest BCUT2D eigenvalue weighted by molar-refractivity contribution is 7.99. The van der Waals surface area contributed by atoms with Gasteiger partial charge >= 0.3 is 5.97 Å². The van der Waals surface area contributed by atoms with Gasteiger partial charge < -0.3 is 9.72 Å². The summed E-state index contributed by atoms with van der Waals surface area (Å²) in [6.45, 7) is 1.88. The van der Waals surface area contributed by atoms with Crippen LogP contribution in [0.2, 0.25) is 0 Å². The van der Waals surface area contributed by atoms with Crippen LogP contribution in [-0.4, -0.2) is 17.6 Å². The first-order chi connectivity index (χ1) is 11.1. The van der Waals surface area contributed by atoms with Crippen LogP contribution >= 0.6 is 11.8 Å². The lowest BCUT2D eigenvalue weighted by atomic mass is 10.2. The number of carbonyl (C=O) groups is 1. The molecular weight excluding hydrogens is 320 g/mol. The Balaban J connectivity index is 2.20. The van der Waals surface area contributed by atoms with Crippen LogP contribution in [0.3, 0.4) is 0 Å². The molecule has 0 aliphatic heterocycles. The molecule has 0 saturated heterocycles. The van der Waals surface area contributed by atoms with Crippen molar-refractivity contribution in [3.8, 4) is 0 Å². The van der Waals surface area contributed by atoms with Crippen molar-refractivity contribution in [1.29, 1.82) is 0 Å². The van der Waals surface area contributed by atoms with E-state index in [1.165, 1.54) is 17.8 Å². The molecule has 0 spiro atoms. The van der Waals surface area contributed by atoms with E-state index in [0.717, 1.165) is 11.0 Å². The standard InChI is InChI=1S/C17H13F2NO2S/c1-2-22-17(21)15-16(23-10-6-4-3-5-7-10)13-12(20-15)9-8-11(18)14(13)19/h3-9,20H,2H2,1H3. The number of halogens is 2. The molecule has 23 heavy (non-hydrogen) atoms. The molecule has 118 valence electrons. The topological polar surface area (TPSA) is 42.1 Å². The molecular formula is C17H13F2NO2S. The van der Waals surface area contributed by atoms with Gasteiger partial charge in [-0.1, -0.05) is 30.0 Å². The van der Waals surface area contributed by atoms with Crippen molar-refractivity contribution in [2.24, 2.45) is 0 Å². The van der Waals surface area contributed by atoms with Gasteiger partial charge in [0.05, 0.1) is 22.4 Å². The fourth-order valence-electron chi connectivity index (χ4n) is 2.25. The summed E-state index contributed by atoms with van der Waals surface area (Å²) < 4.78 is 32.9. The van der Waals surface area contributed by atoms with Crippen LogP contribution in [0.4, 0.5) is 8.78 Å². The van der Waals surface area contributed by atoms with Gasteiger partial charge in [0.1, 0.15) is 5.69 Å². The van der Waals surface area contributed by atoms with Gasteiger partial charge in [-0.15, -0.1) is 0 Å². The molecule has 0 atom stereocenters. The predicted octanol–water partition coefficient (Wildman–Crippen LogP) is 4.77. The summed E-state index contributed by atoms with van der Waals surface area (Å²) in [4.78, 5) is 16.1. The Hall–Kier alpha value is -2.34. The van der Waals surface area contributed by atoms with Gasteiger partial charge in [0.15, 0.2) is 11.6 Å². The molecule has 0 aliphatic carbocycles. The maximum atomic E-state index is 14.3. The molecule has 0 aliphatic rings. The van der Waals surface area contributed by atoms with E-state index in [2.05, 4.69) is 4.98 Å². The molecule has 0 unspecified atom stereocenters. The summed E-state index contributed by atoms with van der Waals surface area (Å²) in [6, 6.07) is 11.6. The Bertz CT molecular complexity index is 862. The smallest absolute Gasteiger partial charge is 0.355 e. The Morgan fingerprint density at radius 1 is 1.17 bits per heavy atom. The van der Waals surface area contributed by atoms with E-state index in [4.69, 9.17) is 4.74 Å². The summed E-state index contributed by atoms with van der Waals surface area (Å²) >= 11 is 1.19. The Labute approximate surface area is 135 Å². The van der Waals surface area contributed by atoms with Crippen molar-refractivity contribution >= 4 is 28.6 Å². The number of hydrogen-bond acceptors (Lipinski definition) is 3. The summed E-state index contributed by atoms with van der Waals surface area (Å²) in [5.74, 6) is -2.53. The number of esters is 1. The Morgan fingerprint density at radius 2 is 1.91 bits per heavy atom. The lowest BCUT2D eigenvalue weighted by Gasteiger charge is -2.05. The van der Waals surface area contributed by atoms with Crippen molar-refractivity contribution in [3.63, 3.8) is 0 Å². The molecule has 1 heterocycles. The molecule has 3 nitrogen and oxygen atoms in total. The van der Waals surface area contributed by atoms with Crippen molar-refractivity contribution in [2.45, 2.75) is 16.7 Å². The molecule has 0 saturated carbocycles. The van der Waals surface area contributed by atoms with Gasteiger partial charge in [0.25, 0.3) is 0 Å². The lowest BCUT2D eigenvalue weighted by Crippen LogP contribution is -2.06. The first kappa shape index (κ1) is 15.6. The van der Waals surface area contributed by atoms with Gasteiger partial charge in [-0.2, -0.15) is 0 Å². The van der Waals surface area contributed by atoms with E-state index < -0.39 is 17.6 Å². The van der Waals surface area contributed by atoms with E-state index >= 15 is 0 Å². The third kappa shape index (κ3) is 2.94. The van der Waals surface area contributed by atoms with Crippen molar-refractivity contribution in [3.05, 3.63) is 59.8 Å². The zero-order valence-corrected chi connectivity index (χ0v) is 13.0. The van der Waals surface area contributed by atoms with Crippen LogP contribution in [0.5, 0.6) is 0 Å². The average molecular weight is 333 g/mol. The van der Waals surface area contributed by atoms with E-state index in [-0.39, 0.29) is 17.7 Å². The van der Waals surface area contributed by atoms with Crippen LogP contribution < -0.4 is 0 Å². The van der Waals surface area contributed by atoms with Gasteiger partial charge in [-0.25, -0.2) is 13.6 Å². The maximum Gasteiger partial charge on any atom is 0.355 e. The highest BCUT2D eigenvalue weighted by atomic mass is 32.2. The number of hydrogen-bond donors (Lipinski definition) is 1. The van der Waals surface area contributed by atoms with Crippen molar-refractivity contribution < 1.29 is 18.3 Å². The van der Waals surface area contributed by atoms with E-state index in [1.807, 2.05) is 30.3 Å². The number of benzene rings is 2. The quantitative estimate of drug-likeness (QED) is 0.699. The fraction of sp³-hybridized carbons (Fsp3) is 0.118. The highest BCUT2D eigenvalue weighted by Gasteiger charge is 2.23. The molecule has 0 fully saturated rings. The maximum absolute atomic E-state index is 14.3. The number of rotatable bonds is 4. The van der Waals surface area contributed by atoms with Crippen molar-refractivity contribution in [2.75, 3.05) is 6.61 Å². The van der Waals surface area contributed by atoms with Crippen LogP contribution in [0.1, 0.15) is 17.4 Å². The third-order valence-corrected chi connectivity index (χ3v) is 4.37. The molecule has 0 radical (unpaired) electrons. The summed E-state index contributed by atoms with van der Waals surface area (Å²) in [5, 5.41) is 0.0573. The number of fused-ring (bicyclic) bond motifs is 1. The monoisotopic (exact) mass is 333 g/mol. The second-order valence-corrected chi connectivity index (χ2v) is 5.83. The fourth-order valence-corrected chi connectivity index (χ4v) is 3.32. The van der Waals surface area contributed by atoms with Gasteiger partial charge in [-0.3, -0.25) is 0 Å². The first-order valence-electron chi connectivity index (χ1n) is 7.01. The van der Waals surface area contributed by atoms with Crippen LogP contribution in [0.25, 0.3) is 10.9 Å². The number of H-pyrrole nitrogens is 1. The largest absolute Gasteiger partial charge is 0.461 e. The second-order valence-electron chi connectivity index (χ2n) is 4.75. The zero-order valence-electron chi connectivity index (χ0n) is 12.2. The SMILES string of the molecule is CCOC(=O)c1[nH]c2ccc(F)c(F)c2c1Sc1ccccc1. The van der Waals surface area contributed by atoms with Crippen LogP contribution in [0, 0.1) is 11.6 Å². The van der Waals surface area contributed by atoms with E-state index in [1.54, 1.807) is 6.92 Å². The molecule has 0 bridgehead atoms. The number of aromatic amines is 1. The molecule has 0 amide bonds. The average Bonchev–Trinajstić information content (AvgIpc) is 2.91. The molecule has 3 aromatic rings. The van der Waals surface area contributed by atoms with Crippen molar-refractivity contribution in [1.82, 2.24) is 4.98 Å². The molecule has 1 aromatic heterocycles. The Kier molecular flexibility index (Phi) is 4.34. The minimum absolute atomic E-state index is 0.0573.